The fourth-order valence-electron chi connectivity index (χ4n) is 1.89. The molecule has 0 atom stereocenters. The summed E-state index contributed by atoms with van der Waals surface area (Å²) in [6, 6.07) is -0.366. The minimum atomic E-state index is -0.931. The van der Waals surface area contributed by atoms with Gasteiger partial charge in [-0.05, 0) is 13.3 Å². The minimum absolute atomic E-state index is 0.0815. The third-order valence-corrected chi connectivity index (χ3v) is 3.10. The highest BCUT2D eigenvalue weighted by Crippen LogP contribution is 2.07. The summed E-state index contributed by atoms with van der Waals surface area (Å²) in [4.78, 5) is 21.8. The smallest absolute Gasteiger partial charge is 0.315 e. The maximum Gasteiger partial charge on any atom is 0.315 e. The molecule has 1 heterocycles. The zero-order valence-electron chi connectivity index (χ0n) is 12.7. The maximum absolute atomic E-state index is 11.5. The highest BCUT2D eigenvalue weighted by Gasteiger charge is 2.07. The van der Waals surface area contributed by atoms with Crippen molar-refractivity contribution in [2.24, 2.45) is 0 Å². The van der Waals surface area contributed by atoms with Gasteiger partial charge in [-0.3, -0.25) is 9.48 Å². The Kier molecular flexibility index (Phi) is 7.28. The molecule has 0 radical (unpaired) electrons. The zero-order chi connectivity index (χ0) is 15.7. The van der Waals surface area contributed by atoms with Crippen molar-refractivity contribution in [3.05, 3.63) is 17.5 Å². The van der Waals surface area contributed by atoms with Crippen molar-refractivity contribution in [1.82, 2.24) is 20.4 Å². The van der Waals surface area contributed by atoms with Gasteiger partial charge in [0, 0.05) is 31.4 Å². The Morgan fingerprint density at radius 3 is 2.76 bits per heavy atom. The van der Waals surface area contributed by atoms with Gasteiger partial charge in [-0.15, -0.1) is 0 Å². The van der Waals surface area contributed by atoms with Gasteiger partial charge in [-0.1, -0.05) is 19.8 Å². The molecule has 0 fully saturated rings. The van der Waals surface area contributed by atoms with Crippen molar-refractivity contribution in [2.75, 3.05) is 6.54 Å². The summed E-state index contributed by atoms with van der Waals surface area (Å²) in [7, 11) is 0. The predicted molar refractivity (Wildman–Crippen MR) is 79.0 cm³/mol. The summed E-state index contributed by atoms with van der Waals surface area (Å²) in [6.07, 6.45) is 5.31. The molecule has 21 heavy (non-hydrogen) atoms. The van der Waals surface area contributed by atoms with Crippen LogP contribution in [0.4, 0.5) is 4.79 Å². The number of carbonyl (C=O) groups is 2. The molecule has 0 saturated carbocycles. The molecule has 0 aromatic carbocycles. The van der Waals surface area contributed by atoms with Gasteiger partial charge in [0.1, 0.15) is 0 Å². The second-order valence-electron chi connectivity index (χ2n) is 4.96. The van der Waals surface area contributed by atoms with E-state index in [0.29, 0.717) is 6.54 Å². The summed E-state index contributed by atoms with van der Waals surface area (Å²) >= 11 is 0. The summed E-state index contributed by atoms with van der Waals surface area (Å²) in [5.74, 6) is -0.931. The first kappa shape index (κ1) is 17.0. The van der Waals surface area contributed by atoms with E-state index in [4.69, 9.17) is 5.11 Å². The zero-order valence-corrected chi connectivity index (χ0v) is 12.7. The van der Waals surface area contributed by atoms with Crippen molar-refractivity contribution in [3.63, 3.8) is 0 Å². The van der Waals surface area contributed by atoms with Crippen LogP contribution in [0.25, 0.3) is 0 Å². The van der Waals surface area contributed by atoms with Crippen LogP contribution in [0, 0.1) is 6.92 Å². The molecule has 118 valence electrons. The van der Waals surface area contributed by atoms with Crippen LogP contribution in [0.15, 0.2) is 6.20 Å². The van der Waals surface area contributed by atoms with E-state index in [2.05, 4.69) is 22.7 Å². The molecule has 3 N–H and O–H groups in total. The maximum atomic E-state index is 11.5. The molecule has 0 saturated heterocycles. The number of nitrogens with zero attached hydrogens (tertiary/aromatic N) is 2. The molecule has 0 unspecified atom stereocenters. The molecular weight excluding hydrogens is 272 g/mol. The number of aliphatic carboxylic acids is 1. The Bertz CT molecular complexity index is 471. The van der Waals surface area contributed by atoms with Gasteiger partial charge in [0.25, 0.3) is 0 Å². The van der Waals surface area contributed by atoms with Crippen LogP contribution in [0.5, 0.6) is 0 Å². The number of aromatic nitrogens is 2. The first-order chi connectivity index (χ1) is 10.0. The summed E-state index contributed by atoms with van der Waals surface area (Å²) in [6.45, 7) is 5.47. The topological polar surface area (TPSA) is 96.2 Å². The Labute approximate surface area is 124 Å². The van der Waals surface area contributed by atoms with E-state index in [-0.39, 0.29) is 19.0 Å². The van der Waals surface area contributed by atoms with E-state index in [0.717, 1.165) is 24.2 Å². The molecule has 7 heteroatoms. The molecule has 2 amide bonds. The lowest BCUT2D eigenvalue weighted by Gasteiger charge is -2.05. The normalized spacial score (nSPS) is 10.4. The van der Waals surface area contributed by atoms with E-state index in [9.17, 15) is 9.59 Å². The highest BCUT2D eigenvalue weighted by molar-refractivity contribution is 5.74. The second kappa shape index (κ2) is 8.99. The van der Waals surface area contributed by atoms with Crippen LogP contribution in [0.3, 0.4) is 0 Å². The molecule has 1 rings (SSSR count). The molecule has 1 aromatic heterocycles. The fraction of sp³-hybridized carbons (Fsp3) is 0.643. The molecule has 0 aliphatic rings. The van der Waals surface area contributed by atoms with E-state index < -0.39 is 5.97 Å². The van der Waals surface area contributed by atoms with Crippen LogP contribution in [-0.4, -0.2) is 33.4 Å². The first-order valence-electron chi connectivity index (χ1n) is 7.29. The van der Waals surface area contributed by atoms with Gasteiger partial charge in [-0.25, -0.2) is 4.79 Å². The monoisotopic (exact) mass is 296 g/mol. The summed E-state index contributed by atoms with van der Waals surface area (Å²) in [5, 5.41) is 18.1. The number of hydrogen-bond donors (Lipinski definition) is 3. The lowest BCUT2D eigenvalue weighted by Crippen LogP contribution is -2.36. The highest BCUT2D eigenvalue weighted by atomic mass is 16.4. The standard InChI is InChI=1S/C14H24N4O3/c1-3-4-5-8-18-10-12(11(2)17-18)9-16-14(21)15-7-6-13(19)20/h10H,3-9H2,1-2H3,(H,19,20)(H2,15,16,21). The average Bonchev–Trinajstić information content (AvgIpc) is 2.77. The molecule has 0 spiro atoms. The van der Waals surface area contributed by atoms with Gasteiger partial charge >= 0.3 is 12.0 Å². The largest absolute Gasteiger partial charge is 0.481 e. The molecular formula is C14H24N4O3. The van der Waals surface area contributed by atoms with Crippen LogP contribution in [0.2, 0.25) is 0 Å². The second-order valence-corrected chi connectivity index (χ2v) is 4.96. The van der Waals surface area contributed by atoms with Crippen LogP contribution in [-0.2, 0) is 17.9 Å². The van der Waals surface area contributed by atoms with Gasteiger partial charge in [0.2, 0.25) is 0 Å². The number of unbranched alkanes of at least 4 members (excludes halogenated alkanes) is 2. The van der Waals surface area contributed by atoms with Crippen LogP contribution < -0.4 is 10.6 Å². The number of carboxylic acid groups (broad SMARTS) is 1. The fourth-order valence-corrected chi connectivity index (χ4v) is 1.89. The Hall–Kier alpha value is -2.05. The van der Waals surface area contributed by atoms with Crippen molar-refractivity contribution in [2.45, 2.75) is 52.6 Å². The van der Waals surface area contributed by atoms with Crippen molar-refractivity contribution in [1.29, 1.82) is 0 Å². The van der Waals surface area contributed by atoms with Crippen LogP contribution >= 0.6 is 0 Å². The molecule has 1 aromatic rings. The minimum Gasteiger partial charge on any atom is -0.481 e. The van der Waals surface area contributed by atoms with Gasteiger partial charge in [-0.2, -0.15) is 5.10 Å². The molecule has 0 bridgehead atoms. The number of carbonyl (C=O) groups excluding carboxylic acids is 1. The third kappa shape index (κ3) is 6.78. The quantitative estimate of drug-likeness (QED) is 0.604. The molecule has 7 nitrogen and oxygen atoms in total. The Morgan fingerprint density at radius 1 is 1.33 bits per heavy atom. The Morgan fingerprint density at radius 2 is 2.10 bits per heavy atom. The number of amides is 2. The van der Waals surface area contributed by atoms with E-state index >= 15 is 0 Å². The third-order valence-electron chi connectivity index (χ3n) is 3.10. The Balaban J connectivity index is 2.34. The number of carboxylic acids is 1. The lowest BCUT2D eigenvalue weighted by atomic mass is 10.2. The SMILES string of the molecule is CCCCCn1cc(CNC(=O)NCCC(=O)O)c(C)n1. The number of hydrogen-bond acceptors (Lipinski definition) is 3. The molecule has 0 aliphatic carbocycles. The van der Waals surface area contributed by atoms with E-state index in [1.807, 2.05) is 17.8 Å². The van der Waals surface area contributed by atoms with Crippen molar-refractivity contribution in [3.8, 4) is 0 Å². The van der Waals surface area contributed by atoms with Gasteiger partial charge < -0.3 is 15.7 Å². The van der Waals surface area contributed by atoms with Gasteiger partial charge in [0.05, 0.1) is 12.1 Å². The average molecular weight is 296 g/mol. The van der Waals surface area contributed by atoms with Gasteiger partial charge in [0.15, 0.2) is 0 Å². The van der Waals surface area contributed by atoms with Crippen LogP contribution in [0.1, 0.15) is 43.9 Å². The lowest BCUT2D eigenvalue weighted by molar-refractivity contribution is -0.136. The number of rotatable bonds is 9. The van der Waals surface area contributed by atoms with E-state index in [1.54, 1.807) is 0 Å². The molecule has 0 aliphatic heterocycles. The number of urea groups is 1. The van der Waals surface area contributed by atoms with E-state index in [1.165, 1.54) is 12.8 Å². The van der Waals surface area contributed by atoms with Crippen molar-refractivity contribution >= 4 is 12.0 Å². The summed E-state index contributed by atoms with van der Waals surface area (Å²) in [5.41, 5.74) is 1.87. The summed E-state index contributed by atoms with van der Waals surface area (Å²) < 4.78 is 1.91. The predicted octanol–water partition coefficient (Wildman–Crippen LogP) is 1.66. The van der Waals surface area contributed by atoms with Crippen molar-refractivity contribution < 1.29 is 14.7 Å². The number of aryl methyl sites for hydroxylation is 2. The number of nitrogens with one attached hydrogen (secondary N) is 2. The first-order valence-corrected chi connectivity index (χ1v) is 7.29.